The molecule has 0 spiro atoms. The zero-order chi connectivity index (χ0) is 13.8. The van der Waals surface area contributed by atoms with Crippen LogP contribution in [0.2, 0.25) is 0 Å². The maximum Gasteiger partial charge on any atom is 0.177 e. The Bertz CT molecular complexity index is 566. The van der Waals surface area contributed by atoms with Gasteiger partial charge in [0.2, 0.25) is 0 Å². The van der Waals surface area contributed by atoms with E-state index in [2.05, 4.69) is 54.6 Å². The van der Waals surface area contributed by atoms with Gasteiger partial charge in [0.25, 0.3) is 0 Å². The van der Waals surface area contributed by atoms with Gasteiger partial charge in [-0.1, -0.05) is 44.2 Å². The Hall–Kier alpha value is -1.35. The van der Waals surface area contributed by atoms with E-state index in [-0.39, 0.29) is 0 Å². The Morgan fingerprint density at radius 2 is 1.79 bits per heavy atom. The van der Waals surface area contributed by atoms with Crippen LogP contribution in [0.3, 0.4) is 0 Å². The molecule has 0 aliphatic heterocycles. The van der Waals surface area contributed by atoms with Crippen molar-refractivity contribution in [2.75, 3.05) is 0 Å². The number of hydrogen-bond acceptors (Lipinski definition) is 1. The van der Waals surface area contributed by atoms with E-state index in [9.17, 15) is 0 Å². The van der Waals surface area contributed by atoms with Crippen molar-refractivity contribution in [2.45, 2.75) is 39.7 Å². The van der Waals surface area contributed by atoms with Gasteiger partial charge in [-0.05, 0) is 43.5 Å². The summed E-state index contributed by atoms with van der Waals surface area (Å²) in [5.74, 6) is 0.732. The zero-order valence-electron chi connectivity index (χ0n) is 11.9. The van der Waals surface area contributed by atoms with Crippen molar-refractivity contribution >= 4 is 12.2 Å². The number of rotatable bonds is 5. The average molecular weight is 274 g/mol. The standard InChI is InChI=1S/C16H22N2S/c1-12(2)9-10-13(3)18-15(11-17-16(18)19)14-7-5-4-6-8-14/h4-8,11-13H,9-10H2,1-3H3,(H,17,19). The van der Waals surface area contributed by atoms with Crippen LogP contribution in [0.4, 0.5) is 0 Å². The summed E-state index contributed by atoms with van der Waals surface area (Å²) in [5, 5.41) is 0. The normalized spacial score (nSPS) is 12.8. The monoisotopic (exact) mass is 274 g/mol. The zero-order valence-corrected chi connectivity index (χ0v) is 12.7. The summed E-state index contributed by atoms with van der Waals surface area (Å²) < 4.78 is 3.06. The molecule has 0 saturated heterocycles. The lowest BCUT2D eigenvalue weighted by atomic mass is 10.0. The lowest BCUT2D eigenvalue weighted by molar-refractivity contribution is 0.439. The van der Waals surface area contributed by atoms with Gasteiger partial charge in [-0.15, -0.1) is 0 Å². The molecule has 0 radical (unpaired) electrons. The van der Waals surface area contributed by atoms with E-state index < -0.39 is 0 Å². The van der Waals surface area contributed by atoms with Crippen molar-refractivity contribution < 1.29 is 0 Å². The molecule has 3 heteroatoms. The van der Waals surface area contributed by atoms with E-state index >= 15 is 0 Å². The fourth-order valence-corrected chi connectivity index (χ4v) is 2.69. The van der Waals surface area contributed by atoms with Crippen molar-refractivity contribution in [1.29, 1.82) is 0 Å². The summed E-state index contributed by atoms with van der Waals surface area (Å²) in [5.41, 5.74) is 2.40. The molecular weight excluding hydrogens is 252 g/mol. The molecule has 0 fully saturated rings. The second kappa shape index (κ2) is 6.20. The van der Waals surface area contributed by atoms with E-state index in [1.165, 1.54) is 17.7 Å². The molecular formula is C16H22N2S. The first-order valence-electron chi connectivity index (χ1n) is 6.95. The highest BCUT2D eigenvalue weighted by molar-refractivity contribution is 7.71. The first-order valence-corrected chi connectivity index (χ1v) is 7.35. The SMILES string of the molecule is CC(C)CCC(C)n1c(-c2ccccc2)c[nH]c1=S. The minimum atomic E-state index is 0.427. The number of nitrogens with zero attached hydrogens (tertiary/aromatic N) is 1. The predicted molar refractivity (Wildman–Crippen MR) is 83.8 cm³/mol. The van der Waals surface area contributed by atoms with Gasteiger partial charge >= 0.3 is 0 Å². The number of benzene rings is 1. The van der Waals surface area contributed by atoms with Gasteiger partial charge < -0.3 is 9.55 Å². The Morgan fingerprint density at radius 1 is 1.11 bits per heavy atom. The molecule has 1 aromatic carbocycles. The summed E-state index contributed by atoms with van der Waals surface area (Å²) in [7, 11) is 0. The molecule has 1 heterocycles. The molecule has 2 aromatic rings. The van der Waals surface area contributed by atoms with Crippen molar-refractivity contribution in [3.8, 4) is 11.3 Å². The average Bonchev–Trinajstić information content (AvgIpc) is 2.79. The fraction of sp³-hybridized carbons (Fsp3) is 0.438. The Balaban J connectivity index is 2.30. The van der Waals surface area contributed by atoms with E-state index in [1.807, 2.05) is 12.3 Å². The highest BCUT2D eigenvalue weighted by Crippen LogP contribution is 2.26. The first-order chi connectivity index (χ1) is 9.09. The maximum absolute atomic E-state index is 5.44. The number of imidazole rings is 1. The third kappa shape index (κ3) is 3.35. The Morgan fingerprint density at radius 3 is 2.42 bits per heavy atom. The number of aromatic nitrogens is 2. The second-order valence-electron chi connectivity index (χ2n) is 5.54. The van der Waals surface area contributed by atoms with Gasteiger partial charge in [-0.25, -0.2) is 0 Å². The third-order valence-electron chi connectivity index (χ3n) is 3.48. The summed E-state index contributed by atoms with van der Waals surface area (Å²) in [6.45, 7) is 6.78. The van der Waals surface area contributed by atoms with Crippen molar-refractivity contribution in [2.24, 2.45) is 5.92 Å². The number of aromatic amines is 1. The van der Waals surface area contributed by atoms with Crippen molar-refractivity contribution in [1.82, 2.24) is 9.55 Å². The summed E-state index contributed by atoms with van der Waals surface area (Å²) in [6, 6.07) is 10.9. The van der Waals surface area contributed by atoms with Gasteiger partial charge in [0.15, 0.2) is 4.77 Å². The van der Waals surface area contributed by atoms with E-state index in [1.54, 1.807) is 0 Å². The molecule has 0 bridgehead atoms. The van der Waals surface area contributed by atoms with E-state index in [4.69, 9.17) is 12.2 Å². The maximum atomic E-state index is 5.44. The quantitative estimate of drug-likeness (QED) is 0.742. The molecule has 0 aliphatic carbocycles. The number of H-pyrrole nitrogens is 1. The summed E-state index contributed by atoms with van der Waals surface area (Å²) >= 11 is 5.44. The largest absolute Gasteiger partial charge is 0.337 e. The van der Waals surface area contributed by atoms with Gasteiger partial charge in [0, 0.05) is 12.2 Å². The molecule has 1 aromatic heterocycles. The smallest absolute Gasteiger partial charge is 0.177 e. The molecule has 2 rings (SSSR count). The van der Waals surface area contributed by atoms with Crippen LogP contribution in [0.5, 0.6) is 0 Å². The molecule has 1 atom stereocenters. The predicted octanol–water partition coefficient (Wildman–Crippen LogP) is 5.21. The second-order valence-corrected chi connectivity index (χ2v) is 5.92. The van der Waals surface area contributed by atoms with Crippen LogP contribution in [-0.2, 0) is 0 Å². The summed E-state index contributed by atoms with van der Waals surface area (Å²) in [6.07, 6.45) is 4.40. The first kappa shape index (κ1) is 14.1. The number of nitrogens with one attached hydrogen (secondary N) is 1. The van der Waals surface area contributed by atoms with Gasteiger partial charge in [0.05, 0.1) is 5.69 Å². The molecule has 0 saturated carbocycles. The van der Waals surface area contributed by atoms with Gasteiger partial charge in [-0.3, -0.25) is 0 Å². The molecule has 2 nitrogen and oxygen atoms in total. The highest BCUT2D eigenvalue weighted by atomic mass is 32.1. The van der Waals surface area contributed by atoms with Crippen LogP contribution in [0.15, 0.2) is 36.5 Å². The van der Waals surface area contributed by atoms with Gasteiger partial charge in [-0.2, -0.15) is 0 Å². The lowest BCUT2D eigenvalue weighted by Gasteiger charge is -2.18. The van der Waals surface area contributed by atoms with Crippen molar-refractivity contribution in [3.63, 3.8) is 0 Å². The number of hydrogen-bond donors (Lipinski definition) is 1. The van der Waals surface area contributed by atoms with Crippen LogP contribution in [0.25, 0.3) is 11.3 Å². The molecule has 0 aliphatic rings. The minimum Gasteiger partial charge on any atom is -0.337 e. The minimum absolute atomic E-state index is 0.427. The molecule has 102 valence electrons. The summed E-state index contributed by atoms with van der Waals surface area (Å²) in [4.78, 5) is 3.18. The van der Waals surface area contributed by atoms with Gasteiger partial charge in [0.1, 0.15) is 0 Å². The third-order valence-corrected chi connectivity index (χ3v) is 3.80. The lowest BCUT2D eigenvalue weighted by Crippen LogP contribution is -2.08. The topological polar surface area (TPSA) is 20.7 Å². The van der Waals surface area contributed by atoms with Crippen molar-refractivity contribution in [3.05, 3.63) is 41.3 Å². The van der Waals surface area contributed by atoms with E-state index in [0.29, 0.717) is 6.04 Å². The Kier molecular flexibility index (Phi) is 4.59. The fourth-order valence-electron chi connectivity index (χ4n) is 2.35. The molecule has 0 amide bonds. The van der Waals surface area contributed by atoms with Crippen LogP contribution >= 0.6 is 12.2 Å². The highest BCUT2D eigenvalue weighted by Gasteiger charge is 2.13. The van der Waals surface area contributed by atoms with Crippen LogP contribution < -0.4 is 0 Å². The molecule has 1 N–H and O–H groups in total. The van der Waals surface area contributed by atoms with Crippen LogP contribution in [-0.4, -0.2) is 9.55 Å². The van der Waals surface area contributed by atoms with Crippen LogP contribution in [0, 0.1) is 10.7 Å². The molecule has 19 heavy (non-hydrogen) atoms. The Labute approximate surface area is 120 Å². The molecule has 1 unspecified atom stereocenters. The van der Waals surface area contributed by atoms with E-state index in [0.717, 1.165) is 17.1 Å². The van der Waals surface area contributed by atoms with Crippen LogP contribution in [0.1, 0.15) is 39.7 Å².